The molecule has 1 aromatic rings. The number of nitrogens with zero attached hydrogens (tertiary/aromatic N) is 1. The van der Waals surface area contributed by atoms with Crippen LogP contribution in [0.3, 0.4) is 0 Å². The van der Waals surface area contributed by atoms with Crippen LogP contribution in [0.1, 0.15) is 11.5 Å². The molecule has 1 saturated heterocycles. The summed E-state index contributed by atoms with van der Waals surface area (Å²) >= 11 is 1.78. The van der Waals surface area contributed by atoms with Crippen LogP contribution in [0.2, 0.25) is 0 Å². The highest BCUT2D eigenvalue weighted by molar-refractivity contribution is 7.99. The first-order chi connectivity index (χ1) is 9.75. The molecule has 2 heterocycles. The largest absolute Gasteiger partial charge is 0.374 e. The summed E-state index contributed by atoms with van der Waals surface area (Å²) in [7, 11) is 1.88. The first-order valence-electron chi connectivity index (χ1n) is 7.04. The Morgan fingerprint density at radius 1 is 1.50 bits per heavy atom. The molecule has 3 rings (SSSR count). The molecule has 108 valence electrons. The van der Waals surface area contributed by atoms with E-state index in [1.54, 1.807) is 11.8 Å². The van der Waals surface area contributed by atoms with Gasteiger partial charge in [-0.2, -0.15) is 0 Å². The van der Waals surface area contributed by atoms with E-state index in [0.717, 1.165) is 25.4 Å². The monoisotopic (exact) mass is 292 g/mol. The first-order valence-corrected chi connectivity index (χ1v) is 8.03. The van der Waals surface area contributed by atoms with Crippen LogP contribution in [0.15, 0.2) is 29.2 Å². The summed E-state index contributed by atoms with van der Waals surface area (Å²) in [4.78, 5) is 15.7. The van der Waals surface area contributed by atoms with E-state index in [4.69, 9.17) is 4.74 Å². The summed E-state index contributed by atoms with van der Waals surface area (Å²) in [5.74, 6) is 1.06. The molecule has 2 aliphatic heterocycles. The van der Waals surface area contributed by atoms with Gasteiger partial charge >= 0.3 is 0 Å². The number of hydrogen-bond donors (Lipinski definition) is 1. The van der Waals surface area contributed by atoms with Gasteiger partial charge in [0.25, 0.3) is 0 Å². The number of carbonyl (C=O) groups is 1. The second-order valence-corrected chi connectivity index (χ2v) is 6.38. The standard InChI is InChI=1S/C15H20N2O2S/c1-17(9-11-8-16-6-7-19-11)15(18)13-10-20-14-5-3-2-4-12(13)14/h2-5,11,13,16H,6-10H2,1H3. The molecule has 1 amide bonds. The van der Waals surface area contributed by atoms with Crippen molar-refractivity contribution in [2.24, 2.45) is 0 Å². The lowest BCUT2D eigenvalue weighted by molar-refractivity contribution is -0.133. The van der Waals surface area contributed by atoms with Crippen LogP contribution in [0.4, 0.5) is 0 Å². The van der Waals surface area contributed by atoms with Crippen LogP contribution in [0, 0.1) is 0 Å². The van der Waals surface area contributed by atoms with Crippen LogP contribution in [-0.2, 0) is 9.53 Å². The Labute approximate surface area is 123 Å². The van der Waals surface area contributed by atoms with Crippen molar-refractivity contribution in [1.82, 2.24) is 10.2 Å². The van der Waals surface area contributed by atoms with Crippen LogP contribution >= 0.6 is 11.8 Å². The van der Waals surface area contributed by atoms with Crippen molar-refractivity contribution in [3.8, 4) is 0 Å². The van der Waals surface area contributed by atoms with Gasteiger partial charge < -0.3 is 15.0 Å². The lowest BCUT2D eigenvalue weighted by Gasteiger charge is -2.29. The van der Waals surface area contributed by atoms with Gasteiger partial charge in [0.05, 0.1) is 18.6 Å². The topological polar surface area (TPSA) is 41.6 Å². The molecular weight excluding hydrogens is 272 g/mol. The number of thioether (sulfide) groups is 1. The maximum absolute atomic E-state index is 12.6. The van der Waals surface area contributed by atoms with Gasteiger partial charge in [0.2, 0.25) is 5.91 Å². The Morgan fingerprint density at radius 2 is 2.35 bits per heavy atom. The van der Waals surface area contributed by atoms with E-state index in [1.165, 1.54) is 10.5 Å². The number of amides is 1. The van der Waals surface area contributed by atoms with Crippen molar-refractivity contribution in [3.05, 3.63) is 29.8 Å². The van der Waals surface area contributed by atoms with E-state index >= 15 is 0 Å². The molecule has 0 spiro atoms. The Morgan fingerprint density at radius 3 is 3.15 bits per heavy atom. The quantitative estimate of drug-likeness (QED) is 0.912. The lowest BCUT2D eigenvalue weighted by atomic mass is 10.00. The van der Waals surface area contributed by atoms with Gasteiger partial charge in [0, 0.05) is 37.3 Å². The van der Waals surface area contributed by atoms with Gasteiger partial charge in [-0.3, -0.25) is 4.79 Å². The Kier molecular flexibility index (Phi) is 4.29. The minimum absolute atomic E-state index is 0.00208. The lowest BCUT2D eigenvalue weighted by Crippen LogP contribution is -2.46. The second kappa shape index (κ2) is 6.16. The van der Waals surface area contributed by atoms with Gasteiger partial charge in [0.15, 0.2) is 0 Å². The van der Waals surface area contributed by atoms with E-state index in [-0.39, 0.29) is 17.9 Å². The summed E-state index contributed by atoms with van der Waals surface area (Å²) in [6, 6.07) is 8.22. The molecule has 1 fully saturated rings. The molecule has 2 unspecified atom stereocenters. The maximum atomic E-state index is 12.6. The van der Waals surface area contributed by atoms with Crippen molar-refractivity contribution in [2.45, 2.75) is 16.9 Å². The summed E-state index contributed by atoms with van der Waals surface area (Å²) in [5.41, 5.74) is 1.18. The van der Waals surface area contributed by atoms with Crippen molar-refractivity contribution >= 4 is 17.7 Å². The van der Waals surface area contributed by atoms with Crippen molar-refractivity contribution in [3.63, 3.8) is 0 Å². The molecule has 5 heteroatoms. The van der Waals surface area contributed by atoms with Crippen LogP contribution in [0.5, 0.6) is 0 Å². The van der Waals surface area contributed by atoms with Gasteiger partial charge in [-0.05, 0) is 11.6 Å². The number of likely N-dealkylation sites (N-methyl/N-ethyl adjacent to an activating group) is 1. The normalized spacial score (nSPS) is 25.2. The third-order valence-electron chi connectivity index (χ3n) is 3.86. The van der Waals surface area contributed by atoms with Gasteiger partial charge in [-0.25, -0.2) is 0 Å². The molecule has 2 atom stereocenters. The summed E-state index contributed by atoms with van der Waals surface area (Å²) in [6.07, 6.45) is 0.113. The van der Waals surface area contributed by atoms with E-state index in [2.05, 4.69) is 17.4 Å². The number of carbonyl (C=O) groups excluding carboxylic acids is 1. The van der Waals surface area contributed by atoms with E-state index in [1.807, 2.05) is 24.1 Å². The summed E-state index contributed by atoms with van der Waals surface area (Å²) < 4.78 is 5.67. The van der Waals surface area contributed by atoms with Gasteiger partial charge in [0.1, 0.15) is 0 Å². The highest BCUT2D eigenvalue weighted by atomic mass is 32.2. The molecular formula is C15H20N2O2S. The highest BCUT2D eigenvalue weighted by Gasteiger charge is 2.31. The SMILES string of the molecule is CN(CC1CNCCO1)C(=O)C1CSc2ccccc21. The van der Waals surface area contributed by atoms with Crippen LogP contribution < -0.4 is 5.32 Å². The molecule has 0 aromatic heterocycles. The fourth-order valence-electron chi connectivity index (χ4n) is 2.77. The number of fused-ring (bicyclic) bond motifs is 1. The number of morpholine rings is 1. The van der Waals surface area contributed by atoms with E-state index in [9.17, 15) is 4.79 Å². The average molecular weight is 292 g/mol. The highest BCUT2D eigenvalue weighted by Crippen LogP contribution is 2.40. The molecule has 1 N–H and O–H groups in total. The number of hydrogen-bond acceptors (Lipinski definition) is 4. The molecule has 0 radical (unpaired) electrons. The Balaban J connectivity index is 1.64. The van der Waals surface area contributed by atoms with Gasteiger partial charge in [-0.1, -0.05) is 18.2 Å². The molecule has 0 aliphatic carbocycles. The van der Waals surface area contributed by atoms with E-state index in [0.29, 0.717) is 6.54 Å². The van der Waals surface area contributed by atoms with Crippen molar-refractivity contribution in [2.75, 3.05) is 39.0 Å². The zero-order valence-corrected chi connectivity index (χ0v) is 12.5. The summed E-state index contributed by atoms with van der Waals surface area (Å²) in [5, 5.41) is 3.30. The number of benzene rings is 1. The Bertz CT molecular complexity index is 489. The molecule has 0 bridgehead atoms. The van der Waals surface area contributed by atoms with Gasteiger partial charge in [-0.15, -0.1) is 11.8 Å². The minimum Gasteiger partial charge on any atom is -0.374 e. The minimum atomic E-state index is -0.00208. The Hall–Kier alpha value is -1.04. The second-order valence-electron chi connectivity index (χ2n) is 5.32. The first kappa shape index (κ1) is 13.9. The third-order valence-corrected chi connectivity index (χ3v) is 5.04. The number of rotatable bonds is 3. The molecule has 0 saturated carbocycles. The zero-order valence-electron chi connectivity index (χ0n) is 11.7. The predicted molar refractivity (Wildman–Crippen MR) is 80.2 cm³/mol. The molecule has 1 aromatic carbocycles. The fraction of sp³-hybridized carbons (Fsp3) is 0.533. The third kappa shape index (κ3) is 2.85. The smallest absolute Gasteiger partial charge is 0.230 e. The number of nitrogens with one attached hydrogen (secondary N) is 1. The number of ether oxygens (including phenoxy) is 1. The molecule has 4 nitrogen and oxygen atoms in total. The van der Waals surface area contributed by atoms with Crippen LogP contribution in [-0.4, -0.2) is 56.0 Å². The van der Waals surface area contributed by atoms with Crippen LogP contribution in [0.25, 0.3) is 0 Å². The average Bonchev–Trinajstić information content (AvgIpc) is 2.91. The maximum Gasteiger partial charge on any atom is 0.230 e. The van der Waals surface area contributed by atoms with Crippen molar-refractivity contribution in [1.29, 1.82) is 0 Å². The van der Waals surface area contributed by atoms with Crippen molar-refractivity contribution < 1.29 is 9.53 Å². The summed E-state index contributed by atoms with van der Waals surface area (Å²) in [6.45, 7) is 3.12. The zero-order chi connectivity index (χ0) is 13.9. The van der Waals surface area contributed by atoms with E-state index < -0.39 is 0 Å². The molecule has 2 aliphatic rings. The fourth-order valence-corrected chi connectivity index (χ4v) is 3.99. The molecule has 20 heavy (non-hydrogen) atoms. The predicted octanol–water partition coefficient (Wildman–Crippen LogP) is 1.32.